The molecule has 0 bridgehead atoms. The standard InChI is InChI=1S/C15H25NO/c1-2-13-9-11-15(17-13)14(16)10-8-12-6-4-3-5-7-12/h9,11-12,14H,2-8,10,16H2,1H3. The molecule has 2 rings (SSSR count). The second-order valence-corrected chi connectivity index (χ2v) is 5.35. The molecule has 1 saturated carbocycles. The molecule has 1 fully saturated rings. The van der Waals surface area contributed by atoms with Gasteiger partial charge in [0, 0.05) is 6.42 Å². The van der Waals surface area contributed by atoms with Crippen LogP contribution in [0.4, 0.5) is 0 Å². The molecule has 96 valence electrons. The molecule has 0 saturated heterocycles. The molecule has 2 heteroatoms. The van der Waals surface area contributed by atoms with Gasteiger partial charge < -0.3 is 10.2 Å². The van der Waals surface area contributed by atoms with E-state index < -0.39 is 0 Å². The number of nitrogens with two attached hydrogens (primary N) is 1. The zero-order valence-corrected chi connectivity index (χ0v) is 11.0. The average Bonchev–Trinajstić information content (AvgIpc) is 2.86. The molecule has 2 nitrogen and oxygen atoms in total. The van der Waals surface area contributed by atoms with Gasteiger partial charge >= 0.3 is 0 Å². The van der Waals surface area contributed by atoms with Crippen LogP contribution in [0.2, 0.25) is 0 Å². The first-order chi connectivity index (χ1) is 8.29. The quantitative estimate of drug-likeness (QED) is 0.830. The predicted molar refractivity (Wildman–Crippen MR) is 70.8 cm³/mol. The molecule has 1 atom stereocenters. The van der Waals surface area contributed by atoms with Crippen LogP contribution >= 0.6 is 0 Å². The number of hydrogen-bond acceptors (Lipinski definition) is 2. The van der Waals surface area contributed by atoms with Crippen LogP contribution in [0.5, 0.6) is 0 Å². The summed E-state index contributed by atoms with van der Waals surface area (Å²) in [5, 5.41) is 0. The Morgan fingerprint density at radius 2 is 2.06 bits per heavy atom. The Balaban J connectivity index is 1.77. The van der Waals surface area contributed by atoms with Crippen molar-refractivity contribution in [1.29, 1.82) is 0 Å². The van der Waals surface area contributed by atoms with Gasteiger partial charge in [0.05, 0.1) is 6.04 Å². The van der Waals surface area contributed by atoms with E-state index in [1.54, 1.807) is 0 Å². The van der Waals surface area contributed by atoms with Gasteiger partial charge in [-0.3, -0.25) is 0 Å². The van der Waals surface area contributed by atoms with Gasteiger partial charge in [0.1, 0.15) is 11.5 Å². The van der Waals surface area contributed by atoms with Gasteiger partial charge in [-0.05, 0) is 30.9 Å². The highest BCUT2D eigenvalue weighted by Gasteiger charge is 2.16. The molecule has 17 heavy (non-hydrogen) atoms. The number of rotatable bonds is 5. The third-order valence-corrected chi connectivity index (χ3v) is 4.01. The van der Waals surface area contributed by atoms with E-state index in [1.807, 2.05) is 6.07 Å². The zero-order chi connectivity index (χ0) is 12.1. The monoisotopic (exact) mass is 235 g/mol. The van der Waals surface area contributed by atoms with Crippen molar-refractivity contribution in [1.82, 2.24) is 0 Å². The summed E-state index contributed by atoms with van der Waals surface area (Å²) >= 11 is 0. The summed E-state index contributed by atoms with van der Waals surface area (Å²) in [4.78, 5) is 0. The van der Waals surface area contributed by atoms with Crippen LogP contribution in [0.3, 0.4) is 0 Å². The van der Waals surface area contributed by atoms with Crippen LogP contribution in [0.1, 0.15) is 69.4 Å². The number of hydrogen-bond donors (Lipinski definition) is 1. The van der Waals surface area contributed by atoms with Crippen LogP contribution in [0, 0.1) is 5.92 Å². The Bertz CT molecular complexity index is 325. The molecule has 2 N–H and O–H groups in total. The first-order valence-corrected chi connectivity index (χ1v) is 7.13. The van der Waals surface area contributed by atoms with E-state index in [-0.39, 0.29) is 6.04 Å². The molecule has 0 radical (unpaired) electrons. The molecular weight excluding hydrogens is 210 g/mol. The van der Waals surface area contributed by atoms with Crippen LogP contribution in [0.15, 0.2) is 16.5 Å². The van der Waals surface area contributed by atoms with Gasteiger partial charge in [-0.25, -0.2) is 0 Å². The minimum Gasteiger partial charge on any atom is -0.464 e. The molecule has 1 unspecified atom stereocenters. The van der Waals surface area contributed by atoms with Gasteiger partial charge in [-0.15, -0.1) is 0 Å². The third kappa shape index (κ3) is 3.60. The maximum atomic E-state index is 6.19. The first kappa shape index (κ1) is 12.7. The minimum atomic E-state index is 0.0947. The topological polar surface area (TPSA) is 39.2 Å². The molecular formula is C15H25NO. The van der Waals surface area contributed by atoms with Crippen LogP contribution in [-0.2, 0) is 6.42 Å². The van der Waals surface area contributed by atoms with Gasteiger partial charge in [-0.2, -0.15) is 0 Å². The van der Waals surface area contributed by atoms with Crippen LogP contribution < -0.4 is 5.73 Å². The van der Waals surface area contributed by atoms with Gasteiger partial charge in [0.15, 0.2) is 0 Å². The lowest BCUT2D eigenvalue weighted by Crippen LogP contribution is -2.13. The second kappa shape index (κ2) is 6.25. The van der Waals surface area contributed by atoms with E-state index in [0.717, 1.165) is 30.3 Å². The van der Waals surface area contributed by atoms with Gasteiger partial charge in [-0.1, -0.05) is 39.0 Å². The zero-order valence-electron chi connectivity index (χ0n) is 11.0. The van der Waals surface area contributed by atoms with Crippen molar-refractivity contribution in [3.05, 3.63) is 23.7 Å². The van der Waals surface area contributed by atoms with Crippen molar-refractivity contribution in [3.8, 4) is 0 Å². The summed E-state index contributed by atoms with van der Waals surface area (Å²) in [6.45, 7) is 2.11. The maximum Gasteiger partial charge on any atom is 0.120 e. The molecule has 0 spiro atoms. The second-order valence-electron chi connectivity index (χ2n) is 5.35. The van der Waals surface area contributed by atoms with Crippen molar-refractivity contribution >= 4 is 0 Å². The summed E-state index contributed by atoms with van der Waals surface area (Å²) in [6, 6.07) is 4.19. The first-order valence-electron chi connectivity index (χ1n) is 7.13. The third-order valence-electron chi connectivity index (χ3n) is 4.01. The molecule has 1 heterocycles. The average molecular weight is 235 g/mol. The Hall–Kier alpha value is -0.760. The number of furan rings is 1. The Morgan fingerprint density at radius 1 is 1.29 bits per heavy atom. The summed E-state index contributed by atoms with van der Waals surface area (Å²) in [6.07, 6.45) is 10.4. The van der Waals surface area contributed by atoms with Crippen molar-refractivity contribution < 1.29 is 4.42 Å². The highest BCUT2D eigenvalue weighted by atomic mass is 16.3. The fourth-order valence-electron chi connectivity index (χ4n) is 2.82. The van der Waals surface area contributed by atoms with Crippen molar-refractivity contribution in [2.45, 2.75) is 64.3 Å². The van der Waals surface area contributed by atoms with E-state index in [9.17, 15) is 0 Å². The lowest BCUT2D eigenvalue weighted by atomic mass is 9.85. The predicted octanol–water partition coefficient (Wildman–Crippen LogP) is 4.20. The smallest absolute Gasteiger partial charge is 0.120 e. The highest BCUT2D eigenvalue weighted by Crippen LogP contribution is 2.30. The summed E-state index contributed by atoms with van der Waals surface area (Å²) < 4.78 is 5.71. The van der Waals surface area contributed by atoms with Crippen molar-refractivity contribution in [3.63, 3.8) is 0 Å². The maximum absolute atomic E-state index is 6.19. The minimum absolute atomic E-state index is 0.0947. The molecule has 1 aromatic rings. The lowest BCUT2D eigenvalue weighted by molar-refractivity contribution is 0.314. The SMILES string of the molecule is CCc1ccc(C(N)CCC2CCCCC2)o1. The normalized spacial score (nSPS) is 19.4. The van der Waals surface area contributed by atoms with E-state index in [4.69, 9.17) is 10.2 Å². The van der Waals surface area contributed by atoms with Crippen LogP contribution in [-0.4, -0.2) is 0 Å². The number of aryl methyl sites for hydroxylation is 1. The fourth-order valence-corrected chi connectivity index (χ4v) is 2.82. The summed E-state index contributed by atoms with van der Waals surface area (Å²) in [5.74, 6) is 2.93. The van der Waals surface area contributed by atoms with Crippen molar-refractivity contribution in [2.24, 2.45) is 11.7 Å². The van der Waals surface area contributed by atoms with Gasteiger partial charge in [0.2, 0.25) is 0 Å². The largest absolute Gasteiger partial charge is 0.464 e. The van der Waals surface area contributed by atoms with E-state index in [0.29, 0.717) is 0 Å². The molecule has 0 amide bonds. The lowest BCUT2D eigenvalue weighted by Gasteiger charge is -2.22. The summed E-state index contributed by atoms with van der Waals surface area (Å²) in [5.41, 5.74) is 6.19. The summed E-state index contributed by atoms with van der Waals surface area (Å²) in [7, 11) is 0. The molecule has 1 aliphatic carbocycles. The van der Waals surface area contributed by atoms with Gasteiger partial charge in [0.25, 0.3) is 0 Å². The van der Waals surface area contributed by atoms with Crippen LogP contribution in [0.25, 0.3) is 0 Å². The van der Waals surface area contributed by atoms with Crippen molar-refractivity contribution in [2.75, 3.05) is 0 Å². The van der Waals surface area contributed by atoms with E-state index in [1.165, 1.54) is 38.5 Å². The fraction of sp³-hybridized carbons (Fsp3) is 0.733. The molecule has 0 aliphatic heterocycles. The molecule has 1 aliphatic rings. The Labute approximate surface area is 105 Å². The molecule has 1 aromatic heterocycles. The Kier molecular flexibility index (Phi) is 4.66. The Morgan fingerprint density at radius 3 is 2.71 bits per heavy atom. The highest BCUT2D eigenvalue weighted by molar-refractivity contribution is 5.10. The molecule has 0 aromatic carbocycles. The van der Waals surface area contributed by atoms with E-state index >= 15 is 0 Å². The van der Waals surface area contributed by atoms with E-state index in [2.05, 4.69) is 13.0 Å².